The number of likely N-dealkylation sites (tertiary alicyclic amines) is 1. The fraction of sp³-hybridized carbons (Fsp3) is 0.947. The van der Waals surface area contributed by atoms with E-state index < -0.39 is 0 Å². The van der Waals surface area contributed by atoms with Gasteiger partial charge < -0.3 is 25.0 Å². The van der Waals surface area contributed by atoms with Gasteiger partial charge in [0.05, 0.1) is 13.2 Å². The number of halogens is 1. The first kappa shape index (κ1) is 23.9. The maximum Gasteiger partial charge on any atom is 0.191 e. The molecule has 6 nitrogen and oxygen atoms in total. The van der Waals surface area contributed by atoms with Crippen LogP contribution in [0, 0.1) is 11.8 Å². The van der Waals surface area contributed by atoms with Crippen LogP contribution in [-0.2, 0) is 9.47 Å². The van der Waals surface area contributed by atoms with Gasteiger partial charge in [-0.1, -0.05) is 6.92 Å². The van der Waals surface area contributed by atoms with Gasteiger partial charge in [-0.3, -0.25) is 4.99 Å². The Morgan fingerprint density at radius 1 is 1.31 bits per heavy atom. The molecule has 0 aromatic rings. The Hall–Kier alpha value is -0.120. The summed E-state index contributed by atoms with van der Waals surface area (Å²) in [6.07, 6.45) is 4.86. The Morgan fingerprint density at radius 2 is 2.12 bits per heavy atom. The third kappa shape index (κ3) is 10.3. The zero-order valence-corrected chi connectivity index (χ0v) is 19.0. The number of guanidine groups is 1. The van der Waals surface area contributed by atoms with Crippen molar-refractivity contribution in [3.63, 3.8) is 0 Å². The zero-order valence-electron chi connectivity index (χ0n) is 16.7. The minimum absolute atomic E-state index is 0. The van der Waals surface area contributed by atoms with E-state index in [1.54, 1.807) is 0 Å². The van der Waals surface area contributed by atoms with Gasteiger partial charge in [0, 0.05) is 45.3 Å². The highest BCUT2D eigenvalue weighted by atomic mass is 127. The lowest BCUT2D eigenvalue weighted by Gasteiger charge is -2.19. The maximum atomic E-state index is 5.75. The number of rotatable bonds is 11. The molecular formula is C19H39IN4O2. The van der Waals surface area contributed by atoms with Crippen LogP contribution in [0.25, 0.3) is 0 Å². The Balaban J connectivity index is 0.00000338. The van der Waals surface area contributed by atoms with Gasteiger partial charge in [0.1, 0.15) is 0 Å². The smallest absolute Gasteiger partial charge is 0.191 e. The van der Waals surface area contributed by atoms with Crippen LogP contribution >= 0.6 is 24.0 Å². The summed E-state index contributed by atoms with van der Waals surface area (Å²) >= 11 is 0. The summed E-state index contributed by atoms with van der Waals surface area (Å²) in [6.45, 7) is 14.2. The summed E-state index contributed by atoms with van der Waals surface area (Å²) < 4.78 is 11.1. The summed E-state index contributed by atoms with van der Waals surface area (Å²) in [6, 6.07) is 0. The van der Waals surface area contributed by atoms with Gasteiger partial charge in [-0.25, -0.2) is 0 Å². The molecular weight excluding hydrogens is 443 g/mol. The number of hydrogen-bond acceptors (Lipinski definition) is 4. The monoisotopic (exact) mass is 482 g/mol. The molecule has 154 valence electrons. The molecule has 2 unspecified atom stereocenters. The first-order chi connectivity index (χ1) is 12.3. The van der Waals surface area contributed by atoms with Crippen molar-refractivity contribution in [2.24, 2.45) is 16.8 Å². The average molecular weight is 482 g/mol. The minimum Gasteiger partial charge on any atom is -0.381 e. The molecule has 2 N–H and O–H groups in total. The molecule has 2 atom stereocenters. The third-order valence-corrected chi connectivity index (χ3v) is 4.81. The molecule has 0 bridgehead atoms. The fourth-order valence-corrected chi connectivity index (χ4v) is 3.40. The number of nitrogens with zero attached hydrogens (tertiary/aromatic N) is 2. The van der Waals surface area contributed by atoms with Crippen LogP contribution in [0.1, 0.15) is 39.5 Å². The standard InChI is InChI=1S/C19H38N4O2.HI/c1-3-20-19(22-13-17(2)14-23-9-4-5-10-23)21-8-6-11-24-15-18-7-12-25-16-18;/h17-18H,3-16H2,1-2H3,(H2,20,21,22);1H. The molecule has 2 saturated heterocycles. The Morgan fingerprint density at radius 3 is 2.81 bits per heavy atom. The van der Waals surface area contributed by atoms with Crippen LogP contribution in [0.5, 0.6) is 0 Å². The quantitative estimate of drug-likeness (QED) is 0.205. The Kier molecular flexibility index (Phi) is 13.7. The lowest BCUT2D eigenvalue weighted by molar-refractivity contribution is 0.0888. The third-order valence-electron chi connectivity index (χ3n) is 4.81. The van der Waals surface area contributed by atoms with E-state index in [4.69, 9.17) is 14.5 Å². The van der Waals surface area contributed by atoms with Crippen molar-refractivity contribution in [2.75, 3.05) is 65.7 Å². The fourth-order valence-electron chi connectivity index (χ4n) is 3.40. The van der Waals surface area contributed by atoms with Crippen molar-refractivity contribution in [1.82, 2.24) is 15.5 Å². The molecule has 2 heterocycles. The first-order valence-electron chi connectivity index (χ1n) is 10.2. The molecule has 0 aromatic carbocycles. The molecule has 0 aliphatic carbocycles. The van der Waals surface area contributed by atoms with Gasteiger partial charge in [0.2, 0.25) is 0 Å². The minimum atomic E-state index is 0. The van der Waals surface area contributed by atoms with Gasteiger partial charge in [0.15, 0.2) is 5.96 Å². The van der Waals surface area contributed by atoms with Gasteiger partial charge in [0.25, 0.3) is 0 Å². The van der Waals surface area contributed by atoms with Crippen LogP contribution < -0.4 is 10.6 Å². The molecule has 2 fully saturated rings. The van der Waals surface area contributed by atoms with Crippen LogP contribution in [0.15, 0.2) is 4.99 Å². The summed E-state index contributed by atoms with van der Waals surface area (Å²) in [4.78, 5) is 7.31. The molecule has 0 saturated carbocycles. The molecule has 0 amide bonds. The van der Waals surface area contributed by atoms with Crippen LogP contribution in [-0.4, -0.2) is 76.6 Å². The van der Waals surface area contributed by atoms with Crippen molar-refractivity contribution >= 4 is 29.9 Å². The van der Waals surface area contributed by atoms with Crippen LogP contribution in [0.4, 0.5) is 0 Å². The highest BCUT2D eigenvalue weighted by Gasteiger charge is 2.15. The molecule has 7 heteroatoms. The normalized spacial score (nSPS) is 22.2. The molecule has 2 aliphatic rings. The number of ether oxygens (including phenoxy) is 2. The van der Waals surface area contributed by atoms with E-state index in [0.29, 0.717) is 11.8 Å². The van der Waals surface area contributed by atoms with E-state index in [1.165, 1.54) is 32.5 Å². The number of hydrogen-bond donors (Lipinski definition) is 2. The molecule has 0 aromatic heterocycles. The van der Waals surface area contributed by atoms with Crippen molar-refractivity contribution in [2.45, 2.75) is 39.5 Å². The molecule has 2 aliphatic heterocycles. The lowest BCUT2D eigenvalue weighted by atomic mass is 10.1. The molecule has 0 spiro atoms. The number of aliphatic imine (C=N–C) groups is 1. The first-order valence-corrected chi connectivity index (χ1v) is 10.2. The zero-order chi connectivity index (χ0) is 17.7. The van der Waals surface area contributed by atoms with E-state index in [-0.39, 0.29) is 24.0 Å². The second-order valence-electron chi connectivity index (χ2n) is 7.42. The summed E-state index contributed by atoms with van der Waals surface area (Å²) in [5.41, 5.74) is 0. The lowest BCUT2D eigenvalue weighted by Crippen LogP contribution is -2.38. The van der Waals surface area contributed by atoms with Gasteiger partial charge in [-0.05, 0) is 51.6 Å². The SMILES string of the molecule is CCNC(=NCC(C)CN1CCCC1)NCCCOCC1CCOC1.I. The highest BCUT2D eigenvalue weighted by Crippen LogP contribution is 2.12. The molecule has 2 rings (SSSR count). The second-order valence-corrected chi connectivity index (χ2v) is 7.42. The topological polar surface area (TPSA) is 58.1 Å². The van der Waals surface area contributed by atoms with E-state index >= 15 is 0 Å². The van der Waals surface area contributed by atoms with E-state index in [9.17, 15) is 0 Å². The molecule has 0 radical (unpaired) electrons. The van der Waals surface area contributed by atoms with Crippen molar-refractivity contribution in [1.29, 1.82) is 0 Å². The van der Waals surface area contributed by atoms with Crippen LogP contribution in [0.3, 0.4) is 0 Å². The second kappa shape index (κ2) is 14.9. The highest BCUT2D eigenvalue weighted by molar-refractivity contribution is 14.0. The van der Waals surface area contributed by atoms with Crippen molar-refractivity contribution in [3.8, 4) is 0 Å². The summed E-state index contributed by atoms with van der Waals surface area (Å²) in [5.74, 6) is 2.13. The Labute approximate surface area is 176 Å². The van der Waals surface area contributed by atoms with Gasteiger partial charge in [-0.2, -0.15) is 0 Å². The van der Waals surface area contributed by atoms with E-state index in [0.717, 1.165) is 64.9 Å². The summed E-state index contributed by atoms with van der Waals surface area (Å²) in [5, 5.41) is 6.75. The van der Waals surface area contributed by atoms with Crippen LogP contribution in [0.2, 0.25) is 0 Å². The average Bonchev–Trinajstić information content (AvgIpc) is 3.29. The van der Waals surface area contributed by atoms with Gasteiger partial charge in [-0.15, -0.1) is 24.0 Å². The Bertz CT molecular complexity index is 373. The maximum absolute atomic E-state index is 5.75. The predicted octanol–water partition coefficient (Wildman–Crippen LogP) is 2.33. The van der Waals surface area contributed by atoms with Crippen molar-refractivity contribution < 1.29 is 9.47 Å². The van der Waals surface area contributed by atoms with E-state index in [1.807, 2.05) is 0 Å². The largest absolute Gasteiger partial charge is 0.381 e. The predicted molar refractivity (Wildman–Crippen MR) is 119 cm³/mol. The molecule has 26 heavy (non-hydrogen) atoms. The number of nitrogens with one attached hydrogen (secondary N) is 2. The van der Waals surface area contributed by atoms with Gasteiger partial charge >= 0.3 is 0 Å². The van der Waals surface area contributed by atoms with Crippen molar-refractivity contribution in [3.05, 3.63) is 0 Å². The van der Waals surface area contributed by atoms with E-state index in [2.05, 4.69) is 29.4 Å². The summed E-state index contributed by atoms with van der Waals surface area (Å²) in [7, 11) is 0.